The Morgan fingerprint density at radius 2 is 1.84 bits per heavy atom. The largest absolute Gasteiger partial charge is 0.355 e. The minimum absolute atomic E-state index is 0.105. The fraction of sp³-hybridized carbons (Fsp3) is 0.300. The van der Waals surface area contributed by atoms with Crippen molar-refractivity contribution in [2.45, 2.75) is 19.4 Å². The second-order valence-electron chi connectivity index (χ2n) is 6.29. The maximum atomic E-state index is 13.7. The predicted molar refractivity (Wildman–Crippen MR) is 93.1 cm³/mol. The zero-order valence-corrected chi connectivity index (χ0v) is 14.0. The molecule has 1 N–H and O–H groups in total. The van der Waals surface area contributed by atoms with Crippen molar-refractivity contribution in [2.24, 2.45) is 5.92 Å². The molecule has 1 fully saturated rings. The van der Waals surface area contributed by atoms with Gasteiger partial charge in [-0.1, -0.05) is 48.5 Å². The van der Waals surface area contributed by atoms with E-state index in [0.717, 1.165) is 12.0 Å². The summed E-state index contributed by atoms with van der Waals surface area (Å²) in [6.07, 6.45) is 0.942. The average molecular weight is 340 g/mol. The summed E-state index contributed by atoms with van der Waals surface area (Å²) >= 11 is 0. The number of likely N-dealkylation sites (tertiary alicyclic amines) is 1. The van der Waals surface area contributed by atoms with Crippen molar-refractivity contribution in [1.82, 2.24) is 10.2 Å². The van der Waals surface area contributed by atoms with Gasteiger partial charge in [0, 0.05) is 31.6 Å². The molecule has 0 aromatic heterocycles. The first-order valence-electron chi connectivity index (χ1n) is 8.46. The van der Waals surface area contributed by atoms with Gasteiger partial charge in [-0.05, 0) is 18.1 Å². The monoisotopic (exact) mass is 340 g/mol. The van der Waals surface area contributed by atoms with Crippen LogP contribution in [0.1, 0.15) is 17.5 Å². The van der Waals surface area contributed by atoms with Crippen molar-refractivity contribution in [1.29, 1.82) is 0 Å². The molecular formula is C20H21FN2O2. The van der Waals surface area contributed by atoms with E-state index in [2.05, 4.69) is 5.32 Å². The molecule has 1 atom stereocenters. The van der Waals surface area contributed by atoms with Crippen LogP contribution in [0.3, 0.4) is 0 Å². The lowest BCUT2D eigenvalue weighted by molar-refractivity contribution is -0.129. The van der Waals surface area contributed by atoms with Crippen molar-refractivity contribution in [3.63, 3.8) is 0 Å². The Labute approximate surface area is 146 Å². The Morgan fingerprint density at radius 3 is 2.60 bits per heavy atom. The first-order chi connectivity index (χ1) is 12.1. The molecule has 2 aromatic rings. The fourth-order valence-electron chi connectivity index (χ4n) is 3.05. The summed E-state index contributed by atoms with van der Waals surface area (Å²) in [4.78, 5) is 26.0. The van der Waals surface area contributed by atoms with Gasteiger partial charge < -0.3 is 10.2 Å². The number of halogens is 1. The predicted octanol–water partition coefficient (Wildman–Crippen LogP) is 2.53. The second kappa shape index (κ2) is 7.92. The molecule has 0 aliphatic carbocycles. The average Bonchev–Trinajstić information content (AvgIpc) is 2.99. The molecule has 0 spiro atoms. The van der Waals surface area contributed by atoms with E-state index in [-0.39, 0.29) is 36.5 Å². The SMILES string of the molecule is O=C(NCCc1ccccc1)C1CC(=O)N(Cc2ccccc2F)C1. The fourth-order valence-corrected chi connectivity index (χ4v) is 3.05. The van der Waals surface area contributed by atoms with Gasteiger partial charge in [-0.2, -0.15) is 0 Å². The van der Waals surface area contributed by atoms with Crippen LogP contribution in [0.15, 0.2) is 54.6 Å². The number of nitrogens with one attached hydrogen (secondary N) is 1. The summed E-state index contributed by atoms with van der Waals surface area (Å²) in [5.41, 5.74) is 1.63. The summed E-state index contributed by atoms with van der Waals surface area (Å²) in [5.74, 6) is -0.909. The molecule has 4 nitrogen and oxygen atoms in total. The molecule has 1 heterocycles. The minimum Gasteiger partial charge on any atom is -0.355 e. The topological polar surface area (TPSA) is 49.4 Å². The van der Waals surface area contributed by atoms with Crippen LogP contribution in [-0.4, -0.2) is 29.8 Å². The van der Waals surface area contributed by atoms with E-state index in [0.29, 0.717) is 18.7 Å². The Bertz CT molecular complexity index is 748. The van der Waals surface area contributed by atoms with Gasteiger partial charge in [0.25, 0.3) is 0 Å². The summed E-state index contributed by atoms with van der Waals surface area (Å²) in [6, 6.07) is 16.3. The van der Waals surface area contributed by atoms with Crippen LogP contribution in [0, 0.1) is 11.7 Å². The summed E-state index contributed by atoms with van der Waals surface area (Å²) in [6.45, 7) is 1.09. The highest BCUT2D eigenvalue weighted by Gasteiger charge is 2.34. The molecule has 0 saturated carbocycles. The van der Waals surface area contributed by atoms with Crippen LogP contribution in [-0.2, 0) is 22.6 Å². The summed E-state index contributed by atoms with van der Waals surface area (Å²) in [7, 11) is 0. The lowest BCUT2D eigenvalue weighted by atomic mass is 10.1. The molecule has 1 saturated heterocycles. The van der Waals surface area contributed by atoms with Crippen LogP contribution in [0.5, 0.6) is 0 Å². The number of rotatable bonds is 6. The molecule has 1 unspecified atom stereocenters. The maximum Gasteiger partial charge on any atom is 0.225 e. The normalized spacial score (nSPS) is 16.9. The van der Waals surface area contributed by atoms with E-state index < -0.39 is 0 Å². The van der Waals surface area contributed by atoms with Crippen LogP contribution < -0.4 is 5.32 Å². The minimum atomic E-state index is -0.366. The van der Waals surface area contributed by atoms with E-state index in [4.69, 9.17) is 0 Å². The van der Waals surface area contributed by atoms with Crippen molar-refractivity contribution in [3.8, 4) is 0 Å². The number of carbonyl (C=O) groups excluding carboxylic acids is 2. The number of hydrogen-bond donors (Lipinski definition) is 1. The highest BCUT2D eigenvalue weighted by atomic mass is 19.1. The first-order valence-corrected chi connectivity index (χ1v) is 8.46. The van der Waals surface area contributed by atoms with Crippen molar-refractivity contribution >= 4 is 11.8 Å². The smallest absolute Gasteiger partial charge is 0.225 e. The summed E-state index contributed by atoms with van der Waals surface area (Å²) in [5, 5.41) is 2.90. The van der Waals surface area contributed by atoms with Gasteiger partial charge in [0.15, 0.2) is 0 Å². The first kappa shape index (κ1) is 17.1. The van der Waals surface area contributed by atoms with Gasteiger partial charge in [-0.15, -0.1) is 0 Å². The lowest BCUT2D eigenvalue weighted by Crippen LogP contribution is -2.34. The second-order valence-corrected chi connectivity index (χ2v) is 6.29. The molecule has 2 aromatic carbocycles. The zero-order chi connectivity index (χ0) is 17.6. The molecule has 0 bridgehead atoms. The molecule has 25 heavy (non-hydrogen) atoms. The van der Waals surface area contributed by atoms with E-state index in [1.165, 1.54) is 6.07 Å². The van der Waals surface area contributed by atoms with Gasteiger partial charge in [0.1, 0.15) is 5.82 Å². The van der Waals surface area contributed by atoms with Crippen molar-refractivity contribution in [2.75, 3.05) is 13.1 Å². The third-order valence-electron chi connectivity index (χ3n) is 4.46. The van der Waals surface area contributed by atoms with Crippen molar-refractivity contribution in [3.05, 3.63) is 71.5 Å². The van der Waals surface area contributed by atoms with Gasteiger partial charge in [0.05, 0.1) is 5.92 Å². The van der Waals surface area contributed by atoms with Crippen LogP contribution in [0.4, 0.5) is 4.39 Å². The zero-order valence-electron chi connectivity index (χ0n) is 14.0. The molecular weight excluding hydrogens is 319 g/mol. The van der Waals surface area contributed by atoms with Gasteiger partial charge in [0.2, 0.25) is 11.8 Å². The Balaban J connectivity index is 1.50. The maximum absolute atomic E-state index is 13.7. The molecule has 0 radical (unpaired) electrons. The van der Waals surface area contributed by atoms with E-state index in [9.17, 15) is 14.0 Å². The van der Waals surface area contributed by atoms with E-state index >= 15 is 0 Å². The molecule has 3 rings (SSSR count). The molecule has 5 heteroatoms. The Morgan fingerprint density at radius 1 is 1.12 bits per heavy atom. The quantitative estimate of drug-likeness (QED) is 0.878. The number of hydrogen-bond acceptors (Lipinski definition) is 2. The molecule has 130 valence electrons. The molecule has 1 aliphatic rings. The van der Waals surface area contributed by atoms with Crippen molar-refractivity contribution < 1.29 is 14.0 Å². The van der Waals surface area contributed by atoms with Gasteiger partial charge in [-0.3, -0.25) is 9.59 Å². The highest BCUT2D eigenvalue weighted by Crippen LogP contribution is 2.21. The van der Waals surface area contributed by atoms with Crippen LogP contribution >= 0.6 is 0 Å². The van der Waals surface area contributed by atoms with Gasteiger partial charge in [-0.25, -0.2) is 4.39 Å². The highest BCUT2D eigenvalue weighted by molar-refractivity contribution is 5.89. The number of benzene rings is 2. The number of nitrogens with zero attached hydrogens (tertiary/aromatic N) is 1. The summed E-state index contributed by atoms with van der Waals surface area (Å²) < 4.78 is 13.7. The number of carbonyl (C=O) groups is 2. The van der Waals surface area contributed by atoms with Crippen LogP contribution in [0.2, 0.25) is 0 Å². The Kier molecular flexibility index (Phi) is 5.43. The lowest BCUT2D eigenvalue weighted by Gasteiger charge is -2.17. The third-order valence-corrected chi connectivity index (χ3v) is 4.46. The van der Waals surface area contributed by atoms with E-state index in [1.54, 1.807) is 23.1 Å². The van der Waals surface area contributed by atoms with Crippen LogP contribution in [0.25, 0.3) is 0 Å². The third kappa shape index (κ3) is 4.44. The molecule has 2 amide bonds. The van der Waals surface area contributed by atoms with E-state index in [1.807, 2.05) is 30.3 Å². The number of amides is 2. The molecule has 1 aliphatic heterocycles. The van der Waals surface area contributed by atoms with Gasteiger partial charge >= 0.3 is 0 Å². The Hall–Kier alpha value is -2.69. The standard InChI is InChI=1S/C20H21FN2O2/c21-18-9-5-4-8-16(18)13-23-14-17(12-19(23)24)20(25)22-11-10-15-6-2-1-3-7-15/h1-9,17H,10-14H2,(H,22,25).